The van der Waals surface area contributed by atoms with Gasteiger partial charge in [0, 0.05) is 31.8 Å². The molecule has 232 valence electrons. The van der Waals surface area contributed by atoms with Gasteiger partial charge in [0.2, 0.25) is 11.8 Å². The Morgan fingerprint density at radius 1 is 1.02 bits per heavy atom. The molecule has 3 saturated carbocycles. The highest BCUT2D eigenvalue weighted by atomic mass is 16.5. The molecule has 42 heavy (non-hydrogen) atoms. The van der Waals surface area contributed by atoms with Crippen LogP contribution in [0.4, 0.5) is 0 Å². The number of hydrogen-bond acceptors (Lipinski definition) is 4. The van der Waals surface area contributed by atoms with Crippen molar-refractivity contribution in [2.45, 2.75) is 117 Å². The molecule has 1 N–H and O–H groups in total. The van der Waals surface area contributed by atoms with E-state index in [0.29, 0.717) is 29.6 Å². The lowest BCUT2D eigenvalue weighted by Gasteiger charge is -2.34. The van der Waals surface area contributed by atoms with Gasteiger partial charge in [-0.25, -0.2) is 4.79 Å². The third-order valence-corrected chi connectivity index (χ3v) is 12.1. The summed E-state index contributed by atoms with van der Waals surface area (Å²) in [7, 11) is 1.39. The van der Waals surface area contributed by atoms with Crippen molar-refractivity contribution in [1.29, 1.82) is 0 Å². The smallest absolute Gasteiger partial charge is 0.331 e. The number of carbonyl (C=O) groups is 3. The van der Waals surface area contributed by atoms with E-state index in [4.69, 9.17) is 4.74 Å². The number of nitrogens with zero attached hydrogens (tertiary/aromatic N) is 1. The van der Waals surface area contributed by atoms with Crippen molar-refractivity contribution in [1.82, 2.24) is 10.2 Å². The van der Waals surface area contributed by atoms with E-state index < -0.39 is 11.5 Å². The summed E-state index contributed by atoms with van der Waals surface area (Å²) >= 11 is 0. The van der Waals surface area contributed by atoms with E-state index in [0.717, 1.165) is 63.6 Å². The minimum atomic E-state index is -1.13. The van der Waals surface area contributed by atoms with Crippen LogP contribution in [-0.4, -0.2) is 48.4 Å². The summed E-state index contributed by atoms with van der Waals surface area (Å²) in [5.41, 5.74) is 0.579. The van der Waals surface area contributed by atoms with Crippen LogP contribution in [0.2, 0.25) is 0 Å². The van der Waals surface area contributed by atoms with Crippen molar-refractivity contribution in [2.24, 2.45) is 34.0 Å². The van der Waals surface area contributed by atoms with Gasteiger partial charge in [0.1, 0.15) is 5.54 Å². The minimum Gasteiger partial charge on any atom is -0.467 e. The molecule has 1 saturated heterocycles. The zero-order chi connectivity index (χ0) is 30.2. The summed E-state index contributed by atoms with van der Waals surface area (Å²) in [5.74, 6) is 0.871. The van der Waals surface area contributed by atoms with E-state index in [1.54, 1.807) is 6.92 Å². The van der Waals surface area contributed by atoms with Gasteiger partial charge in [-0.05, 0) is 98.4 Å². The lowest BCUT2D eigenvalue weighted by atomic mass is 9.74. The van der Waals surface area contributed by atoms with E-state index in [-0.39, 0.29) is 22.7 Å². The Morgan fingerprint density at radius 3 is 2.21 bits per heavy atom. The number of nitrogens with one attached hydrogen (secondary N) is 1. The Labute approximate surface area is 253 Å². The second-order valence-electron chi connectivity index (χ2n) is 14.9. The summed E-state index contributed by atoms with van der Waals surface area (Å²) in [6, 6.07) is 9.80. The van der Waals surface area contributed by atoms with Crippen LogP contribution in [0.3, 0.4) is 0 Å². The Morgan fingerprint density at radius 2 is 1.67 bits per heavy atom. The molecule has 3 unspecified atom stereocenters. The fourth-order valence-electron chi connectivity index (χ4n) is 8.66. The van der Waals surface area contributed by atoms with Gasteiger partial charge in [0.25, 0.3) is 0 Å². The quantitative estimate of drug-likeness (QED) is 0.235. The third-order valence-electron chi connectivity index (χ3n) is 12.1. The Hall–Kier alpha value is -2.37. The SMILES string of the molecule is CCCC(C(=O)NC(C)(Cc1ccccc1)C(=O)OC)C1(CC2CCN(C(=O)CC3([C@@H](C)C4(CC)CC4)CC3)C2)CC1. The van der Waals surface area contributed by atoms with Gasteiger partial charge in [-0.1, -0.05) is 63.9 Å². The second kappa shape index (κ2) is 12.0. The highest BCUT2D eigenvalue weighted by molar-refractivity contribution is 5.89. The molecule has 3 aliphatic carbocycles. The topological polar surface area (TPSA) is 75.7 Å². The standard InChI is InChI=1S/C36H54N2O4/c1-6-11-29(31(40)37-33(4,32(41)42-5)22-27-12-9-8-10-13-27)36(19-20-36)23-28-14-21-38(25-28)30(39)24-35(17-18-35)26(3)34(7-2)15-16-34/h8-10,12-13,26,28-29H,6-7,11,14-25H2,1-5H3,(H,37,40)/t26-,28?,29?,33?/m0/s1. The zero-order valence-electron chi connectivity index (χ0n) is 26.8. The van der Waals surface area contributed by atoms with Gasteiger partial charge in [0.05, 0.1) is 7.11 Å². The number of hydrogen-bond donors (Lipinski definition) is 1. The van der Waals surface area contributed by atoms with E-state index in [1.807, 2.05) is 30.3 Å². The first-order chi connectivity index (χ1) is 20.0. The summed E-state index contributed by atoms with van der Waals surface area (Å²) in [6.45, 7) is 10.3. The molecular weight excluding hydrogens is 524 g/mol. The number of carbonyl (C=O) groups excluding carboxylic acids is 3. The lowest BCUT2D eigenvalue weighted by Crippen LogP contribution is -2.56. The van der Waals surface area contributed by atoms with Crippen molar-refractivity contribution >= 4 is 17.8 Å². The molecule has 4 aliphatic rings. The fourth-order valence-corrected chi connectivity index (χ4v) is 8.66. The molecule has 6 nitrogen and oxygen atoms in total. The molecule has 5 rings (SSSR count). The summed E-state index contributed by atoms with van der Waals surface area (Å²) < 4.78 is 5.16. The maximum atomic E-state index is 13.9. The molecule has 1 heterocycles. The minimum absolute atomic E-state index is 0.0285. The normalized spacial score (nSPS) is 25.5. The number of methoxy groups -OCH3 is 1. The number of amides is 2. The van der Waals surface area contributed by atoms with Crippen molar-refractivity contribution in [3.05, 3.63) is 35.9 Å². The number of rotatable bonds is 15. The molecule has 0 radical (unpaired) electrons. The number of esters is 1. The van der Waals surface area contributed by atoms with Gasteiger partial charge in [0.15, 0.2) is 0 Å². The molecule has 0 bridgehead atoms. The Bertz CT molecular complexity index is 1140. The lowest BCUT2D eigenvalue weighted by molar-refractivity contribution is -0.151. The highest BCUT2D eigenvalue weighted by Gasteiger charge is 2.60. The maximum absolute atomic E-state index is 13.9. The van der Waals surface area contributed by atoms with Gasteiger partial charge in [-0.15, -0.1) is 0 Å². The third kappa shape index (κ3) is 6.28. The van der Waals surface area contributed by atoms with Crippen LogP contribution in [0.15, 0.2) is 30.3 Å². The predicted molar refractivity (Wildman–Crippen MR) is 165 cm³/mol. The van der Waals surface area contributed by atoms with Crippen LogP contribution in [0, 0.1) is 34.0 Å². The van der Waals surface area contributed by atoms with Crippen molar-refractivity contribution in [3.63, 3.8) is 0 Å². The van der Waals surface area contributed by atoms with Crippen LogP contribution in [0.25, 0.3) is 0 Å². The van der Waals surface area contributed by atoms with Gasteiger partial charge in [-0.2, -0.15) is 0 Å². The monoisotopic (exact) mass is 578 g/mol. The van der Waals surface area contributed by atoms with Crippen molar-refractivity contribution < 1.29 is 19.1 Å². The molecule has 2 amide bonds. The van der Waals surface area contributed by atoms with Crippen molar-refractivity contribution in [2.75, 3.05) is 20.2 Å². The average Bonchev–Trinajstić information content (AvgIpc) is 3.92. The Balaban J connectivity index is 1.20. The van der Waals surface area contributed by atoms with Crippen LogP contribution >= 0.6 is 0 Å². The number of likely N-dealkylation sites (tertiary alicyclic amines) is 1. The summed E-state index contributed by atoms with van der Waals surface area (Å²) in [5, 5.41) is 3.16. The second-order valence-corrected chi connectivity index (χ2v) is 14.9. The van der Waals surface area contributed by atoms with E-state index >= 15 is 0 Å². The van der Waals surface area contributed by atoms with Crippen LogP contribution < -0.4 is 5.32 Å². The first-order valence-corrected chi connectivity index (χ1v) is 16.8. The number of ether oxygens (including phenoxy) is 1. The van der Waals surface area contributed by atoms with Crippen LogP contribution in [0.5, 0.6) is 0 Å². The zero-order valence-corrected chi connectivity index (χ0v) is 26.8. The molecule has 0 spiro atoms. The molecule has 4 fully saturated rings. The van der Waals surface area contributed by atoms with E-state index in [9.17, 15) is 14.4 Å². The first kappa shape index (κ1) is 31.1. The van der Waals surface area contributed by atoms with Gasteiger partial charge < -0.3 is 15.0 Å². The molecule has 4 atom stereocenters. The first-order valence-electron chi connectivity index (χ1n) is 16.8. The van der Waals surface area contributed by atoms with E-state index in [2.05, 4.69) is 31.0 Å². The predicted octanol–water partition coefficient (Wildman–Crippen LogP) is 6.71. The molecule has 1 aliphatic heterocycles. The molecule has 0 aromatic heterocycles. The molecular formula is C36H54N2O4. The summed E-state index contributed by atoms with van der Waals surface area (Å²) in [6.07, 6.45) is 13.3. The maximum Gasteiger partial charge on any atom is 0.331 e. The Kier molecular flexibility index (Phi) is 8.85. The van der Waals surface area contributed by atoms with Gasteiger partial charge in [-0.3, -0.25) is 9.59 Å². The van der Waals surface area contributed by atoms with Crippen LogP contribution in [-0.2, 0) is 25.5 Å². The van der Waals surface area contributed by atoms with E-state index in [1.165, 1.54) is 39.2 Å². The van der Waals surface area contributed by atoms with Gasteiger partial charge >= 0.3 is 5.97 Å². The average molecular weight is 579 g/mol. The largest absolute Gasteiger partial charge is 0.467 e. The number of benzene rings is 1. The molecule has 1 aromatic rings. The molecule has 1 aromatic carbocycles. The van der Waals surface area contributed by atoms with Crippen molar-refractivity contribution in [3.8, 4) is 0 Å². The van der Waals surface area contributed by atoms with Crippen LogP contribution in [0.1, 0.15) is 110 Å². The summed E-state index contributed by atoms with van der Waals surface area (Å²) in [4.78, 5) is 42.6. The fraction of sp³-hybridized carbons (Fsp3) is 0.750. The molecule has 6 heteroatoms. The highest BCUT2D eigenvalue weighted by Crippen LogP contribution is 2.68.